The van der Waals surface area contributed by atoms with E-state index in [4.69, 9.17) is 4.74 Å². The second-order valence-electron chi connectivity index (χ2n) is 5.61. The Labute approximate surface area is 115 Å². The van der Waals surface area contributed by atoms with Crippen molar-refractivity contribution in [1.29, 1.82) is 0 Å². The van der Waals surface area contributed by atoms with Crippen LogP contribution in [0.4, 0.5) is 13.2 Å². The molecule has 1 aromatic carbocycles. The maximum atomic E-state index is 12.4. The molecule has 0 aliphatic carbocycles. The molecule has 3 nitrogen and oxygen atoms in total. The van der Waals surface area contributed by atoms with E-state index in [2.05, 4.69) is 4.74 Å². The van der Waals surface area contributed by atoms with Gasteiger partial charge in [-0.05, 0) is 19.9 Å². The lowest BCUT2D eigenvalue weighted by Gasteiger charge is -2.42. The second-order valence-corrected chi connectivity index (χ2v) is 5.61. The number of alkyl halides is 3. The Bertz CT molecular complexity index is 485. The number of benzene rings is 1. The predicted molar refractivity (Wildman–Crippen MR) is 66.3 cm³/mol. The van der Waals surface area contributed by atoms with Crippen LogP contribution in [0.5, 0.6) is 5.75 Å². The third kappa shape index (κ3) is 3.43. The topological polar surface area (TPSA) is 38.7 Å². The highest BCUT2D eigenvalue weighted by Gasteiger charge is 2.43. The minimum Gasteiger partial charge on any atom is -0.405 e. The van der Waals surface area contributed by atoms with Crippen LogP contribution in [0.25, 0.3) is 0 Å². The lowest BCUT2D eigenvalue weighted by atomic mass is 9.79. The highest BCUT2D eigenvalue weighted by atomic mass is 19.4. The van der Waals surface area contributed by atoms with Gasteiger partial charge in [0.15, 0.2) is 0 Å². The van der Waals surface area contributed by atoms with Gasteiger partial charge < -0.3 is 14.6 Å². The molecule has 1 aliphatic rings. The molecule has 1 heterocycles. The second kappa shape index (κ2) is 4.93. The average molecular weight is 290 g/mol. The number of halogens is 3. The molecule has 1 N–H and O–H groups in total. The molecule has 1 atom stereocenters. The molecular formula is C14H17F3O3. The van der Waals surface area contributed by atoms with E-state index in [1.807, 2.05) is 0 Å². The normalized spacial score (nSPS) is 26.3. The fourth-order valence-electron chi connectivity index (χ4n) is 2.63. The third-order valence-corrected chi connectivity index (χ3v) is 3.34. The van der Waals surface area contributed by atoms with Crippen molar-refractivity contribution in [2.75, 3.05) is 6.61 Å². The van der Waals surface area contributed by atoms with Gasteiger partial charge in [-0.1, -0.05) is 18.2 Å². The smallest absolute Gasteiger partial charge is 0.405 e. The van der Waals surface area contributed by atoms with Gasteiger partial charge in [-0.25, -0.2) is 0 Å². The van der Waals surface area contributed by atoms with E-state index in [1.165, 1.54) is 18.2 Å². The summed E-state index contributed by atoms with van der Waals surface area (Å²) >= 11 is 0. The van der Waals surface area contributed by atoms with Crippen molar-refractivity contribution in [3.8, 4) is 5.75 Å². The van der Waals surface area contributed by atoms with E-state index in [-0.39, 0.29) is 30.8 Å². The van der Waals surface area contributed by atoms with Crippen LogP contribution >= 0.6 is 0 Å². The van der Waals surface area contributed by atoms with Crippen molar-refractivity contribution in [1.82, 2.24) is 0 Å². The first kappa shape index (κ1) is 15.1. The Morgan fingerprint density at radius 3 is 2.50 bits per heavy atom. The van der Waals surface area contributed by atoms with Gasteiger partial charge in [-0.3, -0.25) is 0 Å². The van der Waals surface area contributed by atoms with Gasteiger partial charge in [-0.2, -0.15) is 0 Å². The van der Waals surface area contributed by atoms with E-state index in [9.17, 15) is 18.3 Å². The fraction of sp³-hybridized carbons (Fsp3) is 0.571. The number of hydrogen-bond donors (Lipinski definition) is 1. The molecule has 1 aliphatic heterocycles. The molecule has 0 aromatic heterocycles. The third-order valence-electron chi connectivity index (χ3n) is 3.34. The fourth-order valence-corrected chi connectivity index (χ4v) is 2.63. The summed E-state index contributed by atoms with van der Waals surface area (Å²) in [5.74, 6) is -0.361. The number of rotatable bonds is 2. The van der Waals surface area contributed by atoms with E-state index in [0.29, 0.717) is 0 Å². The summed E-state index contributed by atoms with van der Waals surface area (Å²) in [6, 6.07) is 5.70. The van der Waals surface area contributed by atoms with Crippen LogP contribution in [-0.4, -0.2) is 23.7 Å². The Kier molecular flexibility index (Phi) is 3.73. The van der Waals surface area contributed by atoms with Crippen molar-refractivity contribution in [2.24, 2.45) is 0 Å². The quantitative estimate of drug-likeness (QED) is 0.907. The monoisotopic (exact) mass is 290 g/mol. The van der Waals surface area contributed by atoms with Crippen molar-refractivity contribution < 1.29 is 27.8 Å². The van der Waals surface area contributed by atoms with E-state index >= 15 is 0 Å². The molecule has 112 valence electrons. The average Bonchev–Trinajstić information content (AvgIpc) is 2.25. The standard InChI is InChI=1S/C14H17F3O3/c1-12(2)9-13(18,7-8-19-12)10-5-3-4-6-11(10)20-14(15,16)17/h3-6,18H,7-9H2,1-2H3. The lowest BCUT2D eigenvalue weighted by Crippen LogP contribution is -2.44. The zero-order valence-corrected chi connectivity index (χ0v) is 11.3. The maximum Gasteiger partial charge on any atom is 0.573 e. The van der Waals surface area contributed by atoms with Crippen molar-refractivity contribution >= 4 is 0 Å². The summed E-state index contributed by atoms with van der Waals surface area (Å²) in [4.78, 5) is 0. The minimum atomic E-state index is -4.78. The molecule has 0 saturated carbocycles. The Morgan fingerprint density at radius 1 is 1.25 bits per heavy atom. The number of aliphatic hydroxyl groups is 1. The van der Waals surface area contributed by atoms with Crippen LogP contribution in [0, 0.1) is 0 Å². The van der Waals surface area contributed by atoms with E-state index < -0.39 is 17.6 Å². The minimum absolute atomic E-state index is 0.147. The van der Waals surface area contributed by atoms with Gasteiger partial charge in [0.05, 0.1) is 17.8 Å². The lowest BCUT2D eigenvalue weighted by molar-refractivity contribution is -0.275. The Morgan fingerprint density at radius 2 is 1.90 bits per heavy atom. The van der Waals surface area contributed by atoms with E-state index in [1.54, 1.807) is 19.9 Å². The van der Waals surface area contributed by atoms with Gasteiger partial charge in [0, 0.05) is 18.4 Å². The molecule has 0 bridgehead atoms. The first-order valence-corrected chi connectivity index (χ1v) is 6.33. The molecule has 0 radical (unpaired) electrons. The highest BCUT2D eigenvalue weighted by molar-refractivity contribution is 5.38. The number of para-hydroxylation sites is 1. The molecular weight excluding hydrogens is 273 g/mol. The molecule has 1 saturated heterocycles. The predicted octanol–water partition coefficient (Wildman–Crippen LogP) is 3.36. The highest BCUT2D eigenvalue weighted by Crippen LogP contribution is 2.43. The van der Waals surface area contributed by atoms with Crippen LogP contribution in [-0.2, 0) is 10.3 Å². The van der Waals surface area contributed by atoms with Gasteiger partial charge in [0.2, 0.25) is 0 Å². The van der Waals surface area contributed by atoms with Gasteiger partial charge in [-0.15, -0.1) is 13.2 Å². The number of hydrogen-bond acceptors (Lipinski definition) is 3. The summed E-state index contributed by atoms with van der Waals surface area (Å²) in [7, 11) is 0. The Hall–Kier alpha value is -1.27. The molecule has 1 unspecified atom stereocenters. The maximum absolute atomic E-state index is 12.4. The molecule has 6 heteroatoms. The summed E-state index contributed by atoms with van der Waals surface area (Å²) in [5, 5.41) is 10.7. The number of ether oxygens (including phenoxy) is 2. The zero-order chi connectivity index (χ0) is 15.0. The zero-order valence-electron chi connectivity index (χ0n) is 11.3. The SMILES string of the molecule is CC1(C)CC(O)(c2ccccc2OC(F)(F)F)CCO1. The van der Waals surface area contributed by atoms with Gasteiger partial charge in [0.1, 0.15) is 5.75 Å². The van der Waals surface area contributed by atoms with Gasteiger partial charge >= 0.3 is 6.36 Å². The van der Waals surface area contributed by atoms with Crippen LogP contribution in [0.15, 0.2) is 24.3 Å². The molecule has 1 aromatic rings. The van der Waals surface area contributed by atoms with E-state index in [0.717, 1.165) is 0 Å². The van der Waals surface area contributed by atoms with Crippen molar-refractivity contribution in [2.45, 2.75) is 44.3 Å². The van der Waals surface area contributed by atoms with Crippen LogP contribution in [0.3, 0.4) is 0 Å². The molecule has 1 fully saturated rings. The summed E-state index contributed by atoms with van der Waals surface area (Å²) in [6.07, 6.45) is -4.35. The molecule has 2 rings (SSSR count). The van der Waals surface area contributed by atoms with Crippen LogP contribution in [0.1, 0.15) is 32.3 Å². The summed E-state index contributed by atoms with van der Waals surface area (Å²) in [6.45, 7) is 3.87. The molecule has 0 amide bonds. The van der Waals surface area contributed by atoms with Crippen molar-refractivity contribution in [3.05, 3.63) is 29.8 Å². The van der Waals surface area contributed by atoms with Crippen LogP contribution < -0.4 is 4.74 Å². The summed E-state index contributed by atoms with van der Waals surface area (Å²) in [5.41, 5.74) is -1.84. The van der Waals surface area contributed by atoms with Gasteiger partial charge in [0.25, 0.3) is 0 Å². The molecule has 20 heavy (non-hydrogen) atoms. The first-order chi connectivity index (χ1) is 9.11. The molecule has 0 spiro atoms. The first-order valence-electron chi connectivity index (χ1n) is 6.33. The summed E-state index contributed by atoms with van der Waals surface area (Å²) < 4.78 is 46.8. The largest absolute Gasteiger partial charge is 0.573 e. The van der Waals surface area contributed by atoms with Crippen molar-refractivity contribution in [3.63, 3.8) is 0 Å². The Balaban J connectivity index is 2.36. The van der Waals surface area contributed by atoms with Crippen LogP contribution in [0.2, 0.25) is 0 Å².